The largest absolute Gasteiger partial charge is 0.463 e. The molecule has 12 heteroatoms. The van der Waals surface area contributed by atoms with Crippen LogP contribution in [0.3, 0.4) is 0 Å². The van der Waals surface area contributed by atoms with E-state index in [4.69, 9.17) is 33.4 Å². The number of hydrogen-bond acceptors (Lipinski definition) is 12. The Kier molecular flexibility index (Phi) is 8.77. The average molecular weight is 558 g/mol. The van der Waals surface area contributed by atoms with Crippen molar-refractivity contribution in [2.45, 2.75) is 58.4 Å². The van der Waals surface area contributed by atoms with Gasteiger partial charge < -0.3 is 28.4 Å². The smallest absolute Gasteiger partial charge is 0.303 e. The van der Waals surface area contributed by atoms with Crippen LogP contribution in [-0.2, 0) is 42.9 Å². The fourth-order valence-electron chi connectivity index (χ4n) is 4.14. The molecular weight excluding hydrogens is 530 g/mol. The third-order valence-corrected chi connectivity index (χ3v) is 6.67. The molecule has 1 aliphatic rings. The molecule has 206 valence electrons. The molecule has 39 heavy (non-hydrogen) atoms. The van der Waals surface area contributed by atoms with Crippen LogP contribution >= 0.6 is 11.3 Å². The van der Waals surface area contributed by atoms with Crippen molar-refractivity contribution in [2.75, 3.05) is 6.61 Å². The van der Waals surface area contributed by atoms with Crippen LogP contribution in [0.1, 0.15) is 27.7 Å². The number of para-hydroxylation sites is 2. The van der Waals surface area contributed by atoms with Crippen LogP contribution in [0.4, 0.5) is 0 Å². The highest BCUT2D eigenvalue weighted by atomic mass is 32.1. The monoisotopic (exact) mass is 557 g/mol. The molecule has 0 radical (unpaired) electrons. The minimum Gasteiger partial charge on any atom is -0.463 e. The van der Waals surface area contributed by atoms with Crippen LogP contribution in [0.2, 0.25) is 0 Å². The number of benzene rings is 2. The first-order valence-corrected chi connectivity index (χ1v) is 12.9. The summed E-state index contributed by atoms with van der Waals surface area (Å²) in [5.41, 5.74) is 1.46. The molecule has 1 saturated heterocycles. The average Bonchev–Trinajstić information content (AvgIpc) is 3.30. The quantitative estimate of drug-likeness (QED) is 0.298. The van der Waals surface area contributed by atoms with Crippen LogP contribution < -0.4 is 4.74 Å². The van der Waals surface area contributed by atoms with Gasteiger partial charge in [-0.1, -0.05) is 24.3 Å². The SMILES string of the molecule is CC(=O)OC[C@H]1O[C@@H](Oc2ccccc2-c2nc3ccccc3s2)[C@H](OC(C)=O)[C@@H](OC(C)=O)[C@@H]1OC(C)=O. The molecule has 3 aromatic rings. The van der Waals surface area contributed by atoms with Crippen LogP contribution in [0, 0.1) is 0 Å². The Balaban J connectivity index is 1.74. The molecule has 2 heterocycles. The summed E-state index contributed by atoms with van der Waals surface area (Å²) in [5.74, 6) is -2.41. The molecule has 0 aliphatic carbocycles. The molecule has 1 aromatic heterocycles. The molecular formula is C27H27NO10S. The number of carbonyl (C=O) groups is 4. The van der Waals surface area contributed by atoms with Crippen molar-refractivity contribution in [3.8, 4) is 16.3 Å². The zero-order valence-corrected chi connectivity index (χ0v) is 22.5. The van der Waals surface area contributed by atoms with Gasteiger partial charge in [0, 0.05) is 27.7 Å². The van der Waals surface area contributed by atoms with Crippen LogP contribution in [-0.4, -0.2) is 66.2 Å². The van der Waals surface area contributed by atoms with Gasteiger partial charge in [0.25, 0.3) is 0 Å². The van der Waals surface area contributed by atoms with Crippen molar-refractivity contribution in [1.82, 2.24) is 4.98 Å². The molecule has 0 bridgehead atoms. The summed E-state index contributed by atoms with van der Waals surface area (Å²) >= 11 is 1.46. The van der Waals surface area contributed by atoms with Gasteiger partial charge in [0.15, 0.2) is 12.2 Å². The van der Waals surface area contributed by atoms with E-state index < -0.39 is 54.6 Å². The van der Waals surface area contributed by atoms with E-state index in [9.17, 15) is 19.2 Å². The maximum absolute atomic E-state index is 12.1. The molecule has 0 N–H and O–H groups in total. The first kappa shape index (κ1) is 28.0. The number of ether oxygens (including phenoxy) is 6. The van der Waals surface area contributed by atoms with Crippen molar-refractivity contribution in [3.63, 3.8) is 0 Å². The van der Waals surface area contributed by atoms with Gasteiger partial charge in [0.05, 0.1) is 15.8 Å². The van der Waals surface area contributed by atoms with Gasteiger partial charge in [-0.3, -0.25) is 19.2 Å². The lowest BCUT2D eigenvalue weighted by Gasteiger charge is -2.44. The van der Waals surface area contributed by atoms with E-state index in [-0.39, 0.29) is 6.61 Å². The van der Waals surface area contributed by atoms with Gasteiger partial charge in [0.1, 0.15) is 23.5 Å². The molecule has 0 amide bonds. The number of fused-ring (bicyclic) bond motifs is 1. The number of esters is 4. The Morgan fingerprint density at radius 1 is 0.795 bits per heavy atom. The fourth-order valence-corrected chi connectivity index (χ4v) is 5.14. The van der Waals surface area contributed by atoms with Gasteiger partial charge in [-0.25, -0.2) is 4.98 Å². The van der Waals surface area contributed by atoms with E-state index >= 15 is 0 Å². The van der Waals surface area contributed by atoms with Crippen molar-refractivity contribution < 1.29 is 47.6 Å². The highest BCUT2D eigenvalue weighted by molar-refractivity contribution is 7.21. The minimum atomic E-state index is -1.35. The lowest BCUT2D eigenvalue weighted by Crippen LogP contribution is -2.63. The predicted molar refractivity (Wildman–Crippen MR) is 138 cm³/mol. The number of carbonyl (C=O) groups excluding carboxylic acids is 4. The molecule has 2 aromatic carbocycles. The van der Waals surface area contributed by atoms with E-state index in [1.165, 1.54) is 25.2 Å². The first-order chi connectivity index (χ1) is 18.6. The van der Waals surface area contributed by atoms with Gasteiger partial charge in [-0.15, -0.1) is 11.3 Å². The number of nitrogens with zero attached hydrogens (tertiary/aromatic N) is 1. The molecule has 4 rings (SSSR count). The zero-order chi connectivity index (χ0) is 28.1. The van der Waals surface area contributed by atoms with E-state index in [1.807, 2.05) is 36.4 Å². The Morgan fingerprint density at radius 3 is 2.08 bits per heavy atom. The lowest BCUT2D eigenvalue weighted by molar-refractivity contribution is -0.288. The molecule has 5 atom stereocenters. The van der Waals surface area contributed by atoms with Crippen molar-refractivity contribution >= 4 is 45.4 Å². The van der Waals surface area contributed by atoms with E-state index in [2.05, 4.69) is 0 Å². The maximum atomic E-state index is 12.1. The number of thiazole rings is 1. The summed E-state index contributed by atoms with van der Waals surface area (Å²) in [6.07, 6.45) is -6.40. The van der Waals surface area contributed by atoms with Gasteiger partial charge in [-0.2, -0.15) is 0 Å². The Morgan fingerprint density at radius 2 is 1.41 bits per heavy atom. The second kappa shape index (κ2) is 12.2. The zero-order valence-electron chi connectivity index (χ0n) is 21.7. The van der Waals surface area contributed by atoms with Crippen LogP contribution in [0.5, 0.6) is 5.75 Å². The summed E-state index contributed by atoms with van der Waals surface area (Å²) in [6.45, 7) is 4.34. The Hall–Kier alpha value is -4.03. The summed E-state index contributed by atoms with van der Waals surface area (Å²) in [7, 11) is 0. The number of rotatable bonds is 8. The summed E-state index contributed by atoms with van der Waals surface area (Å²) in [5, 5.41) is 0.678. The molecule has 0 saturated carbocycles. The Bertz CT molecular complexity index is 1340. The fraction of sp³-hybridized carbons (Fsp3) is 0.370. The van der Waals surface area contributed by atoms with Crippen LogP contribution in [0.25, 0.3) is 20.8 Å². The second-order valence-corrected chi connectivity index (χ2v) is 9.70. The van der Waals surface area contributed by atoms with Gasteiger partial charge in [0.2, 0.25) is 12.4 Å². The van der Waals surface area contributed by atoms with Crippen molar-refractivity contribution in [2.24, 2.45) is 0 Å². The molecule has 1 aliphatic heterocycles. The lowest BCUT2D eigenvalue weighted by atomic mass is 9.98. The molecule has 1 fully saturated rings. The third kappa shape index (κ3) is 6.89. The van der Waals surface area contributed by atoms with E-state index in [0.717, 1.165) is 24.1 Å². The predicted octanol–water partition coefficient (Wildman–Crippen LogP) is 3.43. The topological polar surface area (TPSA) is 137 Å². The number of hydrogen-bond donors (Lipinski definition) is 0. The highest BCUT2D eigenvalue weighted by Crippen LogP contribution is 2.38. The van der Waals surface area contributed by atoms with Crippen molar-refractivity contribution in [3.05, 3.63) is 48.5 Å². The first-order valence-electron chi connectivity index (χ1n) is 12.0. The normalized spacial score (nSPS) is 22.5. The molecule has 0 unspecified atom stereocenters. The molecule has 0 spiro atoms. The minimum absolute atomic E-state index is 0.345. The van der Waals surface area contributed by atoms with Gasteiger partial charge in [-0.05, 0) is 24.3 Å². The van der Waals surface area contributed by atoms with Crippen LogP contribution in [0.15, 0.2) is 48.5 Å². The highest BCUT2D eigenvalue weighted by Gasteiger charge is 2.53. The Labute approximate surface area is 227 Å². The standard InChI is InChI=1S/C27H27NO10S/c1-14(29)33-13-21-23(34-15(2)30)24(35-16(3)31)25(36-17(4)32)27(38-21)37-20-11-7-5-9-18(20)26-28-19-10-6-8-12-22(19)39-26/h5-12,21,23-25,27H,13H2,1-4H3/t21-,23-,24+,25-,27-/m1/s1. The third-order valence-electron chi connectivity index (χ3n) is 5.60. The van der Waals surface area contributed by atoms with E-state index in [0.29, 0.717) is 16.3 Å². The summed E-state index contributed by atoms with van der Waals surface area (Å²) in [4.78, 5) is 52.3. The van der Waals surface area contributed by atoms with E-state index in [1.54, 1.807) is 12.1 Å². The second-order valence-electron chi connectivity index (χ2n) is 8.67. The summed E-state index contributed by atoms with van der Waals surface area (Å²) in [6, 6.07) is 14.8. The summed E-state index contributed by atoms with van der Waals surface area (Å²) < 4.78 is 34.8. The van der Waals surface area contributed by atoms with Crippen molar-refractivity contribution in [1.29, 1.82) is 0 Å². The number of aromatic nitrogens is 1. The maximum Gasteiger partial charge on any atom is 0.303 e. The van der Waals surface area contributed by atoms with Gasteiger partial charge >= 0.3 is 23.9 Å². The molecule has 11 nitrogen and oxygen atoms in total.